The number of hydrogen-bond donors (Lipinski definition) is 3. The quantitative estimate of drug-likeness (QED) is 0.516. The number of likely N-dealkylation sites (N-methyl/N-ethyl adjacent to an activating group) is 1. The van der Waals surface area contributed by atoms with E-state index in [0.29, 0.717) is 28.9 Å². The molecular weight excluding hydrogens is 425 g/mol. The molecule has 2 aromatic heterocycles. The van der Waals surface area contributed by atoms with Gasteiger partial charge in [-0.1, -0.05) is 0 Å². The molecule has 3 amide bonds. The number of nitrogens with zero attached hydrogens (tertiary/aromatic N) is 4. The zero-order valence-corrected chi connectivity index (χ0v) is 17.7. The van der Waals surface area contributed by atoms with E-state index in [2.05, 4.69) is 25.3 Å². The standard InChI is InChI=1S/C19H20FN7O3S/c1-26(2)6-5-21-19(30)17-23-16(12-8-22-14(28)9-27(12)17)24-18(29)15-11-7-10(20)3-4-13(11)31-25-15/h3-4,7H,5-6,8-9H2,1-2H3,(H,21,30)(H,22,28)(H,24,29). The van der Waals surface area contributed by atoms with Gasteiger partial charge in [-0.3, -0.25) is 14.4 Å². The molecule has 10 nitrogen and oxygen atoms in total. The van der Waals surface area contributed by atoms with Crippen molar-refractivity contribution in [3.63, 3.8) is 0 Å². The number of carbonyl (C=O) groups is 3. The number of nitrogens with one attached hydrogen (secondary N) is 3. The van der Waals surface area contributed by atoms with Crippen LogP contribution in [0.25, 0.3) is 10.1 Å². The molecule has 3 heterocycles. The first-order chi connectivity index (χ1) is 14.8. The van der Waals surface area contributed by atoms with E-state index >= 15 is 0 Å². The summed E-state index contributed by atoms with van der Waals surface area (Å²) in [7, 11) is 3.77. The van der Waals surface area contributed by atoms with Crippen LogP contribution in [0.5, 0.6) is 0 Å². The number of halogens is 1. The highest BCUT2D eigenvalue weighted by Gasteiger charge is 2.28. The van der Waals surface area contributed by atoms with Gasteiger partial charge < -0.3 is 25.4 Å². The van der Waals surface area contributed by atoms with E-state index in [1.807, 2.05) is 19.0 Å². The highest BCUT2D eigenvalue weighted by atomic mass is 32.1. The summed E-state index contributed by atoms with van der Waals surface area (Å²) in [6.07, 6.45) is 0. The van der Waals surface area contributed by atoms with Gasteiger partial charge in [0.1, 0.15) is 18.1 Å². The van der Waals surface area contributed by atoms with E-state index in [0.717, 1.165) is 11.5 Å². The third kappa shape index (κ3) is 4.25. The molecule has 4 rings (SSSR count). The van der Waals surface area contributed by atoms with Crippen molar-refractivity contribution in [2.75, 3.05) is 32.5 Å². The zero-order chi connectivity index (χ0) is 22.1. The fraction of sp³-hybridized carbons (Fsp3) is 0.316. The van der Waals surface area contributed by atoms with Gasteiger partial charge in [0.05, 0.1) is 16.9 Å². The SMILES string of the molecule is CN(C)CCNC(=O)c1nc(NC(=O)c2nsc3ccc(F)cc23)c2n1CC(=O)NC2. The fourth-order valence-electron chi connectivity index (χ4n) is 3.20. The van der Waals surface area contributed by atoms with Crippen molar-refractivity contribution in [1.82, 2.24) is 29.5 Å². The topological polar surface area (TPSA) is 121 Å². The first-order valence-corrected chi connectivity index (χ1v) is 10.3. The Hall–Kier alpha value is -3.38. The summed E-state index contributed by atoms with van der Waals surface area (Å²) >= 11 is 1.08. The molecule has 0 radical (unpaired) electrons. The van der Waals surface area contributed by atoms with E-state index in [-0.39, 0.29) is 36.3 Å². The van der Waals surface area contributed by atoms with Gasteiger partial charge in [0, 0.05) is 18.5 Å². The molecule has 1 aliphatic rings. The van der Waals surface area contributed by atoms with Crippen LogP contribution in [0.15, 0.2) is 18.2 Å². The van der Waals surface area contributed by atoms with E-state index in [1.54, 1.807) is 6.07 Å². The second-order valence-electron chi connectivity index (χ2n) is 7.28. The number of carbonyl (C=O) groups excluding carboxylic acids is 3. The van der Waals surface area contributed by atoms with Crippen molar-refractivity contribution in [3.8, 4) is 0 Å². The fourth-order valence-corrected chi connectivity index (χ4v) is 3.96. The van der Waals surface area contributed by atoms with Crippen LogP contribution in [0.4, 0.5) is 10.2 Å². The smallest absolute Gasteiger partial charge is 0.287 e. The molecule has 3 aromatic rings. The Morgan fingerprint density at radius 1 is 1.32 bits per heavy atom. The molecule has 12 heteroatoms. The third-order valence-electron chi connectivity index (χ3n) is 4.75. The highest BCUT2D eigenvalue weighted by molar-refractivity contribution is 7.13. The third-order valence-corrected chi connectivity index (χ3v) is 5.58. The first-order valence-electron chi connectivity index (χ1n) is 9.49. The molecule has 0 spiro atoms. The number of benzene rings is 1. The minimum Gasteiger partial charge on any atom is -0.349 e. The van der Waals surface area contributed by atoms with Crippen LogP contribution in [-0.2, 0) is 17.9 Å². The Bertz CT molecular complexity index is 1190. The van der Waals surface area contributed by atoms with Crippen LogP contribution in [-0.4, -0.2) is 63.7 Å². The number of hydrogen-bond acceptors (Lipinski definition) is 7. The molecule has 0 fully saturated rings. The minimum absolute atomic E-state index is 0.0353. The molecular formula is C19H20FN7O3S. The van der Waals surface area contributed by atoms with E-state index in [9.17, 15) is 18.8 Å². The van der Waals surface area contributed by atoms with Crippen LogP contribution >= 0.6 is 11.5 Å². The summed E-state index contributed by atoms with van der Waals surface area (Å²) in [6, 6.07) is 4.11. The van der Waals surface area contributed by atoms with Gasteiger partial charge in [-0.15, -0.1) is 0 Å². The Morgan fingerprint density at radius 2 is 2.13 bits per heavy atom. The number of anilines is 1. The monoisotopic (exact) mass is 445 g/mol. The minimum atomic E-state index is -0.575. The highest BCUT2D eigenvalue weighted by Crippen LogP contribution is 2.26. The van der Waals surface area contributed by atoms with E-state index < -0.39 is 17.6 Å². The average molecular weight is 445 g/mol. The first kappa shape index (κ1) is 20.9. The van der Waals surface area contributed by atoms with E-state index in [4.69, 9.17) is 0 Å². The number of fused-ring (bicyclic) bond motifs is 2. The lowest BCUT2D eigenvalue weighted by atomic mass is 10.2. The Morgan fingerprint density at radius 3 is 2.90 bits per heavy atom. The van der Waals surface area contributed by atoms with Crippen LogP contribution in [0.1, 0.15) is 26.8 Å². The van der Waals surface area contributed by atoms with Gasteiger partial charge in [-0.2, -0.15) is 4.37 Å². The van der Waals surface area contributed by atoms with Gasteiger partial charge in [0.25, 0.3) is 11.8 Å². The predicted octanol–water partition coefficient (Wildman–Crippen LogP) is 0.805. The van der Waals surface area contributed by atoms with Crippen molar-refractivity contribution >= 4 is 45.2 Å². The largest absolute Gasteiger partial charge is 0.349 e. The van der Waals surface area contributed by atoms with Crippen LogP contribution in [0.3, 0.4) is 0 Å². The summed E-state index contributed by atoms with van der Waals surface area (Å²) in [5.41, 5.74) is 0.564. The number of aromatic nitrogens is 3. The summed E-state index contributed by atoms with van der Waals surface area (Å²) in [6.45, 7) is 1.06. The maximum atomic E-state index is 13.6. The molecule has 1 aromatic carbocycles. The molecule has 0 saturated carbocycles. The van der Waals surface area contributed by atoms with Crippen molar-refractivity contribution < 1.29 is 18.8 Å². The predicted molar refractivity (Wildman–Crippen MR) is 112 cm³/mol. The summed E-state index contributed by atoms with van der Waals surface area (Å²) in [5.74, 6) is -1.56. The van der Waals surface area contributed by atoms with Crippen molar-refractivity contribution in [2.45, 2.75) is 13.1 Å². The van der Waals surface area contributed by atoms with Gasteiger partial charge in [0.2, 0.25) is 11.7 Å². The van der Waals surface area contributed by atoms with Gasteiger partial charge in [-0.25, -0.2) is 9.37 Å². The van der Waals surface area contributed by atoms with E-state index in [1.165, 1.54) is 16.7 Å². The zero-order valence-electron chi connectivity index (χ0n) is 16.9. The second kappa shape index (κ2) is 8.40. The molecule has 162 valence electrons. The lowest BCUT2D eigenvalue weighted by Gasteiger charge is -2.18. The molecule has 0 saturated heterocycles. The van der Waals surface area contributed by atoms with Crippen LogP contribution < -0.4 is 16.0 Å². The molecule has 0 bridgehead atoms. The molecule has 0 atom stereocenters. The Labute approximate surface area is 180 Å². The number of rotatable bonds is 6. The molecule has 1 aliphatic heterocycles. The molecule has 3 N–H and O–H groups in total. The maximum absolute atomic E-state index is 13.6. The van der Waals surface area contributed by atoms with Crippen LogP contribution in [0.2, 0.25) is 0 Å². The molecule has 0 unspecified atom stereocenters. The average Bonchev–Trinajstić information content (AvgIpc) is 3.28. The Balaban J connectivity index is 1.62. The molecule has 31 heavy (non-hydrogen) atoms. The Kier molecular flexibility index (Phi) is 5.65. The second-order valence-corrected chi connectivity index (χ2v) is 8.08. The summed E-state index contributed by atoms with van der Waals surface area (Å²) < 4.78 is 19.9. The number of imidazole rings is 1. The summed E-state index contributed by atoms with van der Waals surface area (Å²) in [4.78, 5) is 43.6. The van der Waals surface area contributed by atoms with Crippen molar-refractivity contribution in [3.05, 3.63) is 41.2 Å². The van der Waals surface area contributed by atoms with Gasteiger partial charge >= 0.3 is 0 Å². The summed E-state index contributed by atoms with van der Waals surface area (Å²) in [5, 5.41) is 8.49. The van der Waals surface area contributed by atoms with Gasteiger partial charge in [0.15, 0.2) is 5.82 Å². The molecule has 0 aliphatic carbocycles. The number of amides is 3. The van der Waals surface area contributed by atoms with Gasteiger partial charge in [-0.05, 0) is 43.8 Å². The van der Waals surface area contributed by atoms with Crippen LogP contribution in [0, 0.1) is 5.82 Å². The lowest BCUT2D eigenvalue weighted by Crippen LogP contribution is -2.38. The maximum Gasteiger partial charge on any atom is 0.287 e. The van der Waals surface area contributed by atoms with Crippen molar-refractivity contribution in [2.24, 2.45) is 0 Å². The normalized spacial score (nSPS) is 13.2. The lowest BCUT2D eigenvalue weighted by molar-refractivity contribution is -0.122. The van der Waals surface area contributed by atoms with Crippen molar-refractivity contribution in [1.29, 1.82) is 0 Å².